The first-order valence-corrected chi connectivity index (χ1v) is 8.25. The highest BCUT2D eigenvalue weighted by atomic mass is 35.5. The first kappa shape index (κ1) is 18.0. The summed E-state index contributed by atoms with van der Waals surface area (Å²) in [4.78, 5) is 0. The van der Waals surface area contributed by atoms with Crippen LogP contribution >= 0.6 is 0 Å². The molecule has 0 saturated heterocycles. The molecule has 0 radical (unpaired) electrons. The van der Waals surface area contributed by atoms with E-state index in [4.69, 9.17) is 9.47 Å². The number of benzene rings is 3. The van der Waals surface area contributed by atoms with Crippen LogP contribution in [0.1, 0.15) is 0 Å². The fraction of sp³-hybridized carbons (Fsp3) is 0.136. The van der Waals surface area contributed by atoms with E-state index in [1.807, 2.05) is 12.1 Å². The first-order valence-electron chi connectivity index (χ1n) is 8.25. The van der Waals surface area contributed by atoms with Gasteiger partial charge in [0.25, 0.3) is 5.52 Å². The molecule has 0 aliphatic heterocycles. The van der Waals surface area contributed by atoms with Gasteiger partial charge in [0.15, 0.2) is 11.9 Å². The summed E-state index contributed by atoms with van der Waals surface area (Å²) in [6.45, 7) is 0. The lowest BCUT2D eigenvalue weighted by atomic mass is 9.99. The minimum Gasteiger partial charge on any atom is -1.00 e. The van der Waals surface area contributed by atoms with Crippen LogP contribution < -0.4 is 26.4 Å². The lowest BCUT2D eigenvalue weighted by molar-refractivity contribution is -0.643. The van der Waals surface area contributed by atoms with Crippen molar-refractivity contribution in [1.82, 2.24) is 0 Å². The van der Waals surface area contributed by atoms with Crippen molar-refractivity contribution in [2.75, 3.05) is 14.2 Å². The van der Waals surface area contributed by atoms with Crippen molar-refractivity contribution in [2.24, 2.45) is 7.05 Å². The van der Waals surface area contributed by atoms with Gasteiger partial charge in [0, 0.05) is 10.8 Å². The van der Waals surface area contributed by atoms with Gasteiger partial charge >= 0.3 is 0 Å². The molecule has 26 heavy (non-hydrogen) atoms. The zero-order valence-corrected chi connectivity index (χ0v) is 15.7. The van der Waals surface area contributed by atoms with Crippen molar-refractivity contribution in [3.05, 3.63) is 66.9 Å². The minimum atomic E-state index is 0. The standard InChI is InChI=1S/C22H20NO2.ClH/c1-23-14-16-6-4-5-7-19(16)20-12-17(13-21(25-3)22(20)23)15-8-10-18(24-2)11-9-15;/h4-14H,1-3H3;1H/q+1;/p-1. The Balaban J connectivity index is 0.00000196. The van der Waals surface area contributed by atoms with Crippen LogP contribution in [0.25, 0.3) is 32.8 Å². The minimum absolute atomic E-state index is 0. The first-order chi connectivity index (χ1) is 12.2. The molecule has 0 amide bonds. The molecule has 0 saturated carbocycles. The molecule has 0 bridgehead atoms. The maximum atomic E-state index is 5.72. The van der Waals surface area contributed by atoms with Crippen LogP contribution in [0.5, 0.6) is 11.5 Å². The molecule has 0 fully saturated rings. The number of methoxy groups -OCH3 is 2. The molecule has 0 unspecified atom stereocenters. The lowest BCUT2D eigenvalue weighted by Crippen LogP contribution is -3.00. The second kappa shape index (κ2) is 7.22. The monoisotopic (exact) mass is 365 g/mol. The van der Waals surface area contributed by atoms with Crippen molar-refractivity contribution in [3.8, 4) is 22.6 Å². The highest BCUT2D eigenvalue weighted by Gasteiger charge is 2.17. The fourth-order valence-corrected chi connectivity index (χ4v) is 3.41. The summed E-state index contributed by atoms with van der Waals surface area (Å²) >= 11 is 0. The Morgan fingerprint density at radius 1 is 0.769 bits per heavy atom. The summed E-state index contributed by atoms with van der Waals surface area (Å²) in [6, 6.07) is 20.9. The van der Waals surface area contributed by atoms with Crippen LogP contribution in [-0.2, 0) is 7.05 Å². The van der Waals surface area contributed by atoms with Gasteiger partial charge in [-0.2, -0.15) is 4.57 Å². The van der Waals surface area contributed by atoms with E-state index in [0.29, 0.717) is 0 Å². The van der Waals surface area contributed by atoms with Crippen LogP contribution in [0.2, 0.25) is 0 Å². The predicted octanol–water partition coefficient (Wildman–Crippen LogP) is 1.51. The number of pyridine rings is 1. The summed E-state index contributed by atoms with van der Waals surface area (Å²) in [5, 5.41) is 3.63. The summed E-state index contributed by atoms with van der Waals surface area (Å²) < 4.78 is 13.1. The van der Waals surface area contributed by atoms with Crippen molar-refractivity contribution in [1.29, 1.82) is 0 Å². The summed E-state index contributed by atoms with van der Waals surface area (Å²) in [7, 11) is 5.46. The van der Waals surface area contributed by atoms with E-state index in [1.165, 1.54) is 16.2 Å². The molecular weight excluding hydrogens is 346 g/mol. The zero-order chi connectivity index (χ0) is 17.4. The van der Waals surface area contributed by atoms with Gasteiger partial charge in [0.05, 0.1) is 19.6 Å². The maximum absolute atomic E-state index is 5.72. The Labute approximate surface area is 159 Å². The van der Waals surface area contributed by atoms with Gasteiger partial charge in [-0.1, -0.05) is 30.3 Å². The number of aryl methyl sites for hydroxylation is 1. The molecule has 0 N–H and O–H groups in total. The summed E-state index contributed by atoms with van der Waals surface area (Å²) in [5.41, 5.74) is 3.36. The number of nitrogens with zero attached hydrogens (tertiary/aromatic N) is 1. The second-order valence-electron chi connectivity index (χ2n) is 6.13. The Morgan fingerprint density at radius 3 is 2.19 bits per heavy atom. The van der Waals surface area contributed by atoms with Gasteiger partial charge in [-0.15, -0.1) is 0 Å². The van der Waals surface area contributed by atoms with E-state index >= 15 is 0 Å². The third-order valence-corrected chi connectivity index (χ3v) is 4.65. The highest BCUT2D eigenvalue weighted by Crippen LogP contribution is 2.34. The number of aromatic nitrogens is 1. The highest BCUT2D eigenvalue weighted by molar-refractivity contribution is 6.07. The predicted molar refractivity (Wildman–Crippen MR) is 101 cm³/mol. The van der Waals surface area contributed by atoms with E-state index in [9.17, 15) is 0 Å². The molecule has 1 aromatic heterocycles. The van der Waals surface area contributed by atoms with Gasteiger partial charge < -0.3 is 21.9 Å². The quantitative estimate of drug-likeness (QED) is 0.405. The van der Waals surface area contributed by atoms with E-state index < -0.39 is 0 Å². The van der Waals surface area contributed by atoms with Crippen LogP contribution in [-0.4, -0.2) is 14.2 Å². The molecule has 132 valence electrons. The Bertz CT molecular complexity index is 1070. The van der Waals surface area contributed by atoms with E-state index in [2.05, 4.69) is 66.3 Å². The van der Waals surface area contributed by atoms with Crippen molar-refractivity contribution < 1.29 is 26.4 Å². The molecule has 0 atom stereocenters. The molecule has 3 nitrogen and oxygen atoms in total. The van der Waals surface area contributed by atoms with E-state index in [-0.39, 0.29) is 12.4 Å². The lowest BCUT2D eigenvalue weighted by Gasteiger charge is -2.10. The number of ether oxygens (including phenoxy) is 2. The molecule has 3 aromatic carbocycles. The van der Waals surface area contributed by atoms with Crippen molar-refractivity contribution >= 4 is 21.7 Å². The van der Waals surface area contributed by atoms with Gasteiger partial charge in [0.1, 0.15) is 12.8 Å². The fourth-order valence-electron chi connectivity index (χ4n) is 3.41. The molecule has 4 heteroatoms. The maximum Gasteiger partial charge on any atom is 0.255 e. The van der Waals surface area contributed by atoms with E-state index in [0.717, 1.165) is 28.1 Å². The average Bonchev–Trinajstić information content (AvgIpc) is 2.67. The molecule has 0 aliphatic rings. The average molecular weight is 366 g/mol. The number of fused-ring (bicyclic) bond motifs is 3. The normalized spacial score (nSPS) is 10.6. The summed E-state index contributed by atoms with van der Waals surface area (Å²) in [6.07, 6.45) is 2.15. The molecule has 1 heterocycles. The summed E-state index contributed by atoms with van der Waals surface area (Å²) in [5.74, 6) is 1.73. The third kappa shape index (κ3) is 2.95. The van der Waals surface area contributed by atoms with Crippen LogP contribution in [0.4, 0.5) is 0 Å². The van der Waals surface area contributed by atoms with Crippen molar-refractivity contribution in [3.63, 3.8) is 0 Å². The van der Waals surface area contributed by atoms with Gasteiger partial charge in [-0.3, -0.25) is 0 Å². The van der Waals surface area contributed by atoms with Crippen LogP contribution in [0.15, 0.2) is 66.9 Å². The largest absolute Gasteiger partial charge is 1.00 e. The number of rotatable bonds is 3. The molecule has 4 rings (SSSR count). The number of hydrogen-bond acceptors (Lipinski definition) is 2. The Kier molecular flexibility index (Phi) is 5.01. The Morgan fingerprint density at radius 2 is 1.50 bits per heavy atom. The molecule has 4 aromatic rings. The smallest absolute Gasteiger partial charge is 0.255 e. The molecular formula is C22H20ClNO2. The Hall–Kier alpha value is -2.78. The molecule has 0 spiro atoms. The van der Waals surface area contributed by atoms with Gasteiger partial charge in [0.2, 0.25) is 0 Å². The van der Waals surface area contributed by atoms with Gasteiger partial charge in [-0.05, 0) is 41.5 Å². The van der Waals surface area contributed by atoms with Crippen LogP contribution in [0.3, 0.4) is 0 Å². The van der Waals surface area contributed by atoms with Crippen LogP contribution in [0, 0.1) is 0 Å². The van der Waals surface area contributed by atoms with Crippen molar-refractivity contribution in [2.45, 2.75) is 0 Å². The second-order valence-corrected chi connectivity index (χ2v) is 6.13. The number of halogens is 1. The third-order valence-electron chi connectivity index (χ3n) is 4.65. The van der Waals surface area contributed by atoms with E-state index in [1.54, 1.807) is 14.2 Å². The SMILES string of the molecule is COc1ccc(-c2cc(OC)c3c(c2)c2ccccc2c[n+]3C)cc1.[Cl-]. The molecule has 0 aliphatic carbocycles. The zero-order valence-electron chi connectivity index (χ0n) is 15.0. The van der Waals surface area contributed by atoms with Gasteiger partial charge in [-0.25, -0.2) is 0 Å². The topological polar surface area (TPSA) is 22.3 Å². The number of hydrogen-bond donors (Lipinski definition) is 0.